The Hall–Kier alpha value is -1.62. The number of anilines is 1. The molecule has 5 nitrogen and oxygen atoms in total. The molecule has 104 valence electrons. The molecule has 5 heteroatoms. The van der Waals surface area contributed by atoms with E-state index < -0.39 is 0 Å². The fourth-order valence-electron chi connectivity index (χ4n) is 2.15. The Bertz CT molecular complexity index is 461. The molecular formula is C14H22N4O. The van der Waals surface area contributed by atoms with Crippen molar-refractivity contribution in [3.63, 3.8) is 0 Å². The van der Waals surface area contributed by atoms with E-state index in [9.17, 15) is 4.79 Å². The third-order valence-corrected chi connectivity index (χ3v) is 3.85. The molecule has 1 aliphatic heterocycles. The number of hydrogen-bond acceptors (Lipinski definition) is 4. The summed E-state index contributed by atoms with van der Waals surface area (Å²) in [5, 5.41) is 0. The van der Waals surface area contributed by atoms with Gasteiger partial charge in [-0.05, 0) is 18.1 Å². The van der Waals surface area contributed by atoms with Crippen LogP contribution in [0.5, 0.6) is 0 Å². The highest BCUT2D eigenvalue weighted by Gasteiger charge is 2.42. The van der Waals surface area contributed by atoms with E-state index in [1.165, 1.54) is 0 Å². The number of nitrogens with two attached hydrogens (primary N) is 1. The molecule has 0 saturated carbocycles. The fourth-order valence-corrected chi connectivity index (χ4v) is 2.15. The lowest BCUT2D eigenvalue weighted by molar-refractivity contribution is 0.0827. The molecule has 1 aromatic rings. The van der Waals surface area contributed by atoms with Gasteiger partial charge in [0.05, 0.1) is 11.1 Å². The molecule has 1 saturated heterocycles. The van der Waals surface area contributed by atoms with Gasteiger partial charge in [0.1, 0.15) is 5.82 Å². The normalized spacial score (nSPS) is 17.3. The predicted octanol–water partition coefficient (Wildman–Crippen LogP) is 0.957. The second kappa shape index (κ2) is 4.81. The monoisotopic (exact) mass is 262 g/mol. The highest BCUT2D eigenvalue weighted by molar-refractivity contribution is 5.93. The Balaban J connectivity index is 2.03. The number of aromatic nitrogens is 1. The van der Waals surface area contributed by atoms with Crippen LogP contribution in [0, 0.1) is 5.92 Å². The van der Waals surface area contributed by atoms with E-state index in [-0.39, 0.29) is 11.4 Å². The summed E-state index contributed by atoms with van der Waals surface area (Å²) in [7, 11) is 3.47. The molecule has 0 bridgehead atoms. The second-order valence-electron chi connectivity index (χ2n) is 5.85. The minimum absolute atomic E-state index is 0.0296. The van der Waals surface area contributed by atoms with Gasteiger partial charge in [-0.25, -0.2) is 4.98 Å². The van der Waals surface area contributed by atoms with Crippen LogP contribution in [0.3, 0.4) is 0 Å². The third kappa shape index (κ3) is 2.56. The minimum atomic E-state index is -0.111. The third-order valence-electron chi connectivity index (χ3n) is 3.85. The number of nitrogens with zero attached hydrogens (tertiary/aromatic N) is 3. The number of hydrogen-bond donors (Lipinski definition) is 1. The van der Waals surface area contributed by atoms with Crippen LogP contribution in [0.15, 0.2) is 18.3 Å². The van der Waals surface area contributed by atoms with Crippen LogP contribution in [0.2, 0.25) is 0 Å². The van der Waals surface area contributed by atoms with Crippen molar-refractivity contribution in [2.24, 2.45) is 11.7 Å². The summed E-state index contributed by atoms with van der Waals surface area (Å²) in [6.45, 7) is 5.92. The Morgan fingerprint density at radius 1 is 1.42 bits per heavy atom. The summed E-state index contributed by atoms with van der Waals surface area (Å²) < 4.78 is 0. The van der Waals surface area contributed by atoms with Crippen molar-refractivity contribution in [3.05, 3.63) is 23.9 Å². The Labute approximate surface area is 114 Å². The van der Waals surface area contributed by atoms with Crippen LogP contribution in [-0.4, -0.2) is 48.5 Å². The number of amides is 1. The molecule has 19 heavy (non-hydrogen) atoms. The van der Waals surface area contributed by atoms with E-state index in [1.807, 2.05) is 12.1 Å². The maximum Gasteiger partial charge on any atom is 0.254 e. The van der Waals surface area contributed by atoms with Crippen molar-refractivity contribution >= 4 is 11.7 Å². The smallest absolute Gasteiger partial charge is 0.254 e. The first-order chi connectivity index (χ1) is 8.83. The summed E-state index contributed by atoms with van der Waals surface area (Å²) in [6.07, 6.45) is 1.63. The Morgan fingerprint density at radius 3 is 2.47 bits per heavy atom. The molecule has 0 radical (unpaired) electrons. The van der Waals surface area contributed by atoms with E-state index in [1.54, 1.807) is 25.2 Å². The Morgan fingerprint density at radius 2 is 2.05 bits per heavy atom. The number of pyridine rings is 1. The number of carbonyl (C=O) groups is 1. The number of rotatable bonds is 3. The lowest BCUT2D eigenvalue weighted by Crippen LogP contribution is -2.70. The molecule has 0 spiro atoms. The average molecular weight is 262 g/mol. The van der Waals surface area contributed by atoms with Gasteiger partial charge >= 0.3 is 0 Å². The van der Waals surface area contributed by atoms with Gasteiger partial charge in [0, 0.05) is 33.4 Å². The van der Waals surface area contributed by atoms with Gasteiger partial charge in [0.25, 0.3) is 5.91 Å². The zero-order valence-electron chi connectivity index (χ0n) is 12.1. The van der Waals surface area contributed by atoms with Crippen LogP contribution in [0.1, 0.15) is 24.2 Å². The second-order valence-corrected chi connectivity index (χ2v) is 5.85. The average Bonchev–Trinajstić information content (AvgIpc) is 2.34. The van der Waals surface area contributed by atoms with Gasteiger partial charge in [0.15, 0.2) is 0 Å². The van der Waals surface area contributed by atoms with Gasteiger partial charge in [-0.15, -0.1) is 0 Å². The molecule has 1 aromatic heterocycles. The van der Waals surface area contributed by atoms with E-state index in [4.69, 9.17) is 5.73 Å². The van der Waals surface area contributed by atoms with Gasteiger partial charge in [-0.1, -0.05) is 13.8 Å². The standard InChI is InChI=1S/C14H22N4O/c1-10(2)14(15)8-18(9-14)12-6-5-11(7-16-12)13(19)17(3)4/h5-7,10H,8-9,15H2,1-4H3. The summed E-state index contributed by atoms with van der Waals surface area (Å²) >= 11 is 0. The maximum atomic E-state index is 11.8. The van der Waals surface area contributed by atoms with E-state index in [0.717, 1.165) is 18.9 Å². The number of carbonyl (C=O) groups excluding carboxylic acids is 1. The van der Waals surface area contributed by atoms with E-state index >= 15 is 0 Å². The van der Waals surface area contributed by atoms with Crippen molar-refractivity contribution < 1.29 is 4.79 Å². The molecule has 0 aromatic carbocycles. The van der Waals surface area contributed by atoms with Crippen molar-refractivity contribution in [2.45, 2.75) is 19.4 Å². The van der Waals surface area contributed by atoms with E-state index in [2.05, 4.69) is 23.7 Å². The van der Waals surface area contributed by atoms with Crippen LogP contribution in [0.25, 0.3) is 0 Å². The fraction of sp³-hybridized carbons (Fsp3) is 0.571. The molecule has 2 N–H and O–H groups in total. The lowest BCUT2D eigenvalue weighted by Gasteiger charge is -2.51. The highest BCUT2D eigenvalue weighted by atomic mass is 16.2. The quantitative estimate of drug-likeness (QED) is 0.881. The van der Waals surface area contributed by atoms with Crippen LogP contribution in [0.4, 0.5) is 5.82 Å². The summed E-state index contributed by atoms with van der Waals surface area (Å²) in [4.78, 5) is 19.8. The molecule has 0 atom stereocenters. The van der Waals surface area contributed by atoms with Crippen LogP contribution in [-0.2, 0) is 0 Å². The summed E-state index contributed by atoms with van der Waals surface area (Å²) in [5.41, 5.74) is 6.76. The highest BCUT2D eigenvalue weighted by Crippen LogP contribution is 2.29. The van der Waals surface area contributed by atoms with Crippen LogP contribution < -0.4 is 10.6 Å². The molecule has 1 amide bonds. The Kier molecular flexibility index (Phi) is 3.49. The lowest BCUT2D eigenvalue weighted by atomic mass is 9.80. The summed E-state index contributed by atoms with van der Waals surface area (Å²) in [6, 6.07) is 3.70. The molecular weight excluding hydrogens is 240 g/mol. The first-order valence-corrected chi connectivity index (χ1v) is 6.55. The maximum absolute atomic E-state index is 11.8. The summed E-state index contributed by atoms with van der Waals surface area (Å²) in [5.74, 6) is 1.31. The predicted molar refractivity (Wildman–Crippen MR) is 76.2 cm³/mol. The van der Waals surface area contributed by atoms with E-state index in [0.29, 0.717) is 11.5 Å². The molecule has 2 heterocycles. The topological polar surface area (TPSA) is 62.5 Å². The molecule has 1 fully saturated rings. The minimum Gasteiger partial charge on any atom is -0.353 e. The van der Waals surface area contributed by atoms with Crippen molar-refractivity contribution in [1.82, 2.24) is 9.88 Å². The van der Waals surface area contributed by atoms with Gasteiger partial charge in [0.2, 0.25) is 0 Å². The first-order valence-electron chi connectivity index (χ1n) is 6.55. The molecule has 2 rings (SSSR count). The molecule has 0 aliphatic carbocycles. The van der Waals surface area contributed by atoms with Crippen molar-refractivity contribution in [1.29, 1.82) is 0 Å². The zero-order chi connectivity index (χ0) is 14.2. The SMILES string of the molecule is CC(C)C1(N)CN(c2ccc(C(=O)N(C)C)cn2)C1. The largest absolute Gasteiger partial charge is 0.353 e. The van der Waals surface area contributed by atoms with Crippen molar-refractivity contribution in [3.8, 4) is 0 Å². The van der Waals surface area contributed by atoms with Gasteiger partial charge < -0.3 is 15.5 Å². The van der Waals surface area contributed by atoms with Gasteiger partial charge in [-0.3, -0.25) is 4.79 Å². The molecule has 0 unspecified atom stereocenters. The zero-order valence-corrected chi connectivity index (χ0v) is 12.1. The van der Waals surface area contributed by atoms with Crippen LogP contribution >= 0.6 is 0 Å². The van der Waals surface area contributed by atoms with Crippen molar-refractivity contribution in [2.75, 3.05) is 32.1 Å². The molecule has 1 aliphatic rings. The van der Waals surface area contributed by atoms with Gasteiger partial charge in [-0.2, -0.15) is 0 Å². The first kappa shape index (κ1) is 13.8.